The molecule has 0 aliphatic carbocycles. The number of rotatable bonds is 4. The molecule has 16 heavy (non-hydrogen) atoms. The van der Waals surface area contributed by atoms with Crippen molar-refractivity contribution in [2.75, 3.05) is 6.54 Å². The highest BCUT2D eigenvalue weighted by Crippen LogP contribution is 2.01. The molecule has 3 N–H and O–H groups in total. The van der Waals surface area contributed by atoms with Gasteiger partial charge >= 0.3 is 0 Å². The van der Waals surface area contributed by atoms with Crippen LogP contribution in [0.25, 0.3) is 5.78 Å². The number of nitrogens with one attached hydrogen (secondary N) is 1. The van der Waals surface area contributed by atoms with Crippen LogP contribution in [0.4, 0.5) is 0 Å². The van der Waals surface area contributed by atoms with Crippen molar-refractivity contribution in [3.8, 4) is 0 Å². The summed E-state index contributed by atoms with van der Waals surface area (Å²) in [7, 11) is 0. The smallest absolute Gasteiger partial charge is 0.274 e. The maximum atomic E-state index is 11.6. The molecule has 0 bridgehead atoms. The van der Waals surface area contributed by atoms with E-state index in [1.165, 1.54) is 10.6 Å². The standard InChI is InChI=1S/C10H15N5O/c1-7-6-9(16)15-10(12-7)13-8(14-15)4-2-3-5-11/h6H,2-5,11H2,1H3,(H,12,13,14). The summed E-state index contributed by atoms with van der Waals surface area (Å²) in [5, 5.41) is 2.94. The number of aryl methyl sites for hydroxylation is 2. The Bertz CT molecular complexity index is 542. The van der Waals surface area contributed by atoms with Crippen LogP contribution in [0.1, 0.15) is 24.4 Å². The van der Waals surface area contributed by atoms with Gasteiger partial charge in [0.2, 0.25) is 0 Å². The number of unbranched alkanes of at least 4 members (excludes halogenated alkanes) is 1. The predicted octanol–water partition coefficient (Wildman–Crippen LogP) is 0.00742. The third-order valence-corrected chi connectivity index (χ3v) is 2.37. The molecule has 2 aromatic heterocycles. The molecule has 0 saturated carbocycles. The molecule has 0 amide bonds. The van der Waals surface area contributed by atoms with E-state index in [1.807, 2.05) is 0 Å². The molecule has 0 unspecified atom stereocenters. The molecule has 0 spiro atoms. The first-order valence-electron chi connectivity index (χ1n) is 5.36. The number of aromatic amines is 1. The van der Waals surface area contributed by atoms with Crippen LogP contribution in [-0.4, -0.2) is 26.1 Å². The Morgan fingerprint density at radius 1 is 1.44 bits per heavy atom. The molecule has 0 aliphatic rings. The van der Waals surface area contributed by atoms with Crippen LogP contribution in [0.3, 0.4) is 0 Å². The number of fused-ring (bicyclic) bond motifs is 1. The second kappa shape index (κ2) is 4.44. The summed E-state index contributed by atoms with van der Waals surface area (Å²) < 4.78 is 1.37. The van der Waals surface area contributed by atoms with E-state index < -0.39 is 0 Å². The maximum absolute atomic E-state index is 11.6. The molecule has 2 rings (SSSR count). The third-order valence-electron chi connectivity index (χ3n) is 2.37. The van der Waals surface area contributed by atoms with Crippen LogP contribution >= 0.6 is 0 Å². The lowest BCUT2D eigenvalue weighted by Gasteiger charge is -1.93. The minimum Gasteiger partial charge on any atom is -0.330 e. The predicted molar refractivity (Wildman–Crippen MR) is 60.3 cm³/mol. The van der Waals surface area contributed by atoms with Gasteiger partial charge in [0.25, 0.3) is 11.3 Å². The van der Waals surface area contributed by atoms with Gasteiger partial charge in [0.1, 0.15) is 5.82 Å². The SMILES string of the molecule is Cc1cc(=O)n2[nH]c(CCCCN)nc2n1. The Morgan fingerprint density at radius 3 is 3.00 bits per heavy atom. The van der Waals surface area contributed by atoms with Crippen molar-refractivity contribution >= 4 is 5.78 Å². The quantitative estimate of drug-likeness (QED) is 0.711. The third kappa shape index (κ3) is 2.11. The Hall–Kier alpha value is -1.69. The van der Waals surface area contributed by atoms with E-state index in [0.29, 0.717) is 18.0 Å². The van der Waals surface area contributed by atoms with Gasteiger partial charge < -0.3 is 5.73 Å². The molecule has 0 saturated heterocycles. The average Bonchev–Trinajstić information content (AvgIpc) is 2.61. The molecular weight excluding hydrogens is 206 g/mol. The molecule has 0 radical (unpaired) electrons. The Kier molecular flexibility index (Phi) is 3.00. The summed E-state index contributed by atoms with van der Waals surface area (Å²) >= 11 is 0. The number of hydrogen-bond acceptors (Lipinski definition) is 4. The fourth-order valence-electron chi connectivity index (χ4n) is 1.59. The summed E-state index contributed by atoms with van der Waals surface area (Å²) in [6.45, 7) is 2.46. The van der Waals surface area contributed by atoms with Crippen molar-refractivity contribution in [3.05, 3.63) is 27.9 Å². The highest BCUT2D eigenvalue weighted by Gasteiger charge is 2.05. The molecule has 0 fully saturated rings. The Balaban J connectivity index is 2.29. The Morgan fingerprint density at radius 2 is 2.25 bits per heavy atom. The van der Waals surface area contributed by atoms with Crippen molar-refractivity contribution in [2.24, 2.45) is 5.73 Å². The molecule has 6 heteroatoms. The van der Waals surface area contributed by atoms with Gasteiger partial charge in [-0.05, 0) is 26.3 Å². The van der Waals surface area contributed by atoms with E-state index in [4.69, 9.17) is 5.73 Å². The number of nitrogens with zero attached hydrogens (tertiary/aromatic N) is 3. The Labute approximate surface area is 92.5 Å². The zero-order valence-corrected chi connectivity index (χ0v) is 9.23. The highest BCUT2D eigenvalue weighted by molar-refractivity contribution is 5.27. The maximum Gasteiger partial charge on any atom is 0.274 e. The summed E-state index contributed by atoms with van der Waals surface area (Å²) in [5.74, 6) is 1.22. The van der Waals surface area contributed by atoms with Crippen LogP contribution in [0, 0.1) is 6.92 Å². The van der Waals surface area contributed by atoms with Gasteiger partial charge in [0.05, 0.1) is 0 Å². The average molecular weight is 221 g/mol. The second-order valence-corrected chi connectivity index (χ2v) is 3.79. The largest absolute Gasteiger partial charge is 0.330 e. The minimum atomic E-state index is -0.125. The van der Waals surface area contributed by atoms with Crippen molar-refractivity contribution in [3.63, 3.8) is 0 Å². The van der Waals surface area contributed by atoms with Gasteiger partial charge in [0, 0.05) is 18.2 Å². The zero-order valence-electron chi connectivity index (χ0n) is 9.23. The molecule has 2 heterocycles. The topological polar surface area (TPSA) is 89.1 Å². The molecule has 86 valence electrons. The van der Waals surface area contributed by atoms with Gasteiger partial charge in [-0.1, -0.05) is 0 Å². The molecule has 2 aromatic rings. The highest BCUT2D eigenvalue weighted by atomic mass is 16.1. The van der Waals surface area contributed by atoms with E-state index >= 15 is 0 Å². The first kappa shape index (κ1) is 10.8. The lowest BCUT2D eigenvalue weighted by Crippen LogP contribution is -2.14. The van der Waals surface area contributed by atoms with E-state index in [9.17, 15) is 4.79 Å². The molecule has 0 atom stereocenters. The summed E-state index contributed by atoms with van der Waals surface area (Å²) in [6.07, 6.45) is 2.71. The fraction of sp³-hybridized carbons (Fsp3) is 0.500. The fourth-order valence-corrected chi connectivity index (χ4v) is 1.59. The van der Waals surface area contributed by atoms with Crippen LogP contribution in [-0.2, 0) is 6.42 Å². The molecular formula is C10H15N5O. The first-order chi connectivity index (χ1) is 7.70. The normalized spacial score (nSPS) is 11.1. The lowest BCUT2D eigenvalue weighted by molar-refractivity contribution is 0.711. The van der Waals surface area contributed by atoms with Crippen LogP contribution in [0.2, 0.25) is 0 Å². The second-order valence-electron chi connectivity index (χ2n) is 3.79. The molecule has 0 aliphatic heterocycles. The van der Waals surface area contributed by atoms with Crippen molar-refractivity contribution in [2.45, 2.75) is 26.2 Å². The van der Waals surface area contributed by atoms with E-state index in [2.05, 4.69) is 15.1 Å². The number of nitrogens with two attached hydrogens (primary N) is 1. The minimum absolute atomic E-state index is 0.125. The monoisotopic (exact) mass is 221 g/mol. The van der Waals surface area contributed by atoms with Gasteiger partial charge in [0.15, 0.2) is 0 Å². The van der Waals surface area contributed by atoms with E-state index in [1.54, 1.807) is 6.92 Å². The molecule has 6 nitrogen and oxygen atoms in total. The van der Waals surface area contributed by atoms with Crippen LogP contribution < -0.4 is 11.3 Å². The van der Waals surface area contributed by atoms with Crippen molar-refractivity contribution < 1.29 is 0 Å². The van der Waals surface area contributed by atoms with Gasteiger partial charge in [-0.2, -0.15) is 9.50 Å². The van der Waals surface area contributed by atoms with Crippen LogP contribution in [0.5, 0.6) is 0 Å². The van der Waals surface area contributed by atoms with Crippen molar-refractivity contribution in [1.29, 1.82) is 0 Å². The number of aromatic nitrogens is 4. The summed E-state index contributed by atoms with van der Waals surface area (Å²) in [6, 6.07) is 1.48. The van der Waals surface area contributed by atoms with Gasteiger partial charge in [-0.3, -0.25) is 9.89 Å². The zero-order chi connectivity index (χ0) is 11.5. The van der Waals surface area contributed by atoms with E-state index in [0.717, 1.165) is 25.1 Å². The first-order valence-corrected chi connectivity index (χ1v) is 5.36. The van der Waals surface area contributed by atoms with Gasteiger partial charge in [-0.15, -0.1) is 0 Å². The number of hydrogen-bond donors (Lipinski definition) is 2. The van der Waals surface area contributed by atoms with Crippen molar-refractivity contribution in [1.82, 2.24) is 19.6 Å². The number of H-pyrrole nitrogens is 1. The van der Waals surface area contributed by atoms with E-state index in [-0.39, 0.29) is 5.56 Å². The molecule has 0 aromatic carbocycles. The van der Waals surface area contributed by atoms with Gasteiger partial charge in [-0.25, -0.2) is 4.98 Å². The summed E-state index contributed by atoms with van der Waals surface area (Å²) in [4.78, 5) is 20.0. The van der Waals surface area contributed by atoms with Crippen LogP contribution in [0.15, 0.2) is 10.9 Å². The summed E-state index contributed by atoms with van der Waals surface area (Å²) in [5.41, 5.74) is 5.97. The lowest BCUT2D eigenvalue weighted by atomic mass is 10.2.